The molecule has 5 heteroatoms. The SMILES string of the molecule is CCNc1ccc(C(=O)NC(C)(CC)CC)nn1. The van der Waals surface area contributed by atoms with Crippen LogP contribution in [0.2, 0.25) is 0 Å². The molecule has 0 spiro atoms. The zero-order chi connectivity index (χ0) is 13.6. The molecule has 1 aromatic rings. The molecule has 1 rings (SSSR count). The molecule has 100 valence electrons. The molecule has 0 unspecified atom stereocenters. The predicted molar refractivity (Wildman–Crippen MR) is 72.6 cm³/mol. The molecule has 0 radical (unpaired) electrons. The number of aromatic nitrogens is 2. The van der Waals surface area contributed by atoms with E-state index in [0.717, 1.165) is 19.4 Å². The first-order valence-electron chi connectivity index (χ1n) is 6.44. The summed E-state index contributed by atoms with van der Waals surface area (Å²) in [4.78, 5) is 12.0. The monoisotopic (exact) mass is 250 g/mol. The van der Waals surface area contributed by atoms with Gasteiger partial charge in [0.1, 0.15) is 5.82 Å². The highest BCUT2D eigenvalue weighted by molar-refractivity contribution is 5.92. The van der Waals surface area contributed by atoms with E-state index in [4.69, 9.17) is 0 Å². The van der Waals surface area contributed by atoms with Crippen LogP contribution in [0, 0.1) is 0 Å². The molecule has 0 aliphatic rings. The van der Waals surface area contributed by atoms with E-state index in [0.29, 0.717) is 11.5 Å². The smallest absolute Gasteiger partial charge is 0.272 e. The Balaban J connectivity index is 2.72. The van der Waals surface area contributed by atoms with Crippen LogP contribution < -0.4 is 10.6 Å². The Morgan fingerprint density at radius 3 is 2.33 bits per heavy atom. The molecule has 0 fully saturated rings. The quantitative estimate of drug-likeness (QED) is 0.812. The topological polar surface area (TPSA) is 66.9 Å². The number of hydrogen-bond donors (Lipinski definition) is 2. The van der Waals surface area contributed by atoms with Gasteiger partial charge in [0.15, 0.2) is 5.69 Å². The summed E-state index contributed by atoms with van der Waals surface area (Å²) >= 11 is 0. The van der Waals surface area contributed by atoms with Crippen LogP contribution in [-0.2, 0) is 0 Å². The largest absolute Gasteiger partial charge is 0.369 e. The summed E-state index contributed by atoms with van der Waals surface area (Å²) in [7, 11) is 0. The van der Waals surface area contributed by atoms with E-state index < -0.39 is 0 Å². The van der Waals surface area contributed by atoms with Crippen LogP contribution >= 0.6 is 0 Å². The molecule has 1 amide bonds. The average Bonchev–Trinajstić information content (AvgIpc) is 2.39. The Kier molecular flexibility index (Phi) is 5.07. The molecule has 18 heavy (non-hydrogen) atoms. The number of amides is 1. The Morgan fingerprint density at radius 1 is 1.22 bits per heavy atom. The van der Waals surface area contributed by atoms with Gasteiger partial charge >= 0.3 is 0 Å². The molecule has 5 nitrogen and oxygen atoms in total. The number of rotatable bonds is 6. The molecular weight excluding hydrogens is 228 g/mol. The number of nitrogens with zero attached hydrogens (tertiary/aromatic N) is 2. The van der Waals surface area contributed by atoms with Gasteiger partial charge in [-0.15, -0.1) is 10.2 Å². The second-order valence-electron chi connectivity index (χ2n) is 4.56. The highest BCUT2D eigenvalue weighted by Crippen LogP contribution is 2.14. The molecule has 0 aromatic carbocycles. The van der Waals surface area contributed by atoms with Crippen LogP contribution in [0.3, 0.4) is 0 Å². The number of carbonyl (C=O) groups excluding carboxylic acids is 1. The molecular formula is C13H22N4O. The van der Waals surface area contributed by atoms with Crippen LogP contribution in [0.15, 0.2) is 12.1 Å². The third kappa shape index (κ3) is 3.68. The van der Waals surface area contributed by atoms with Gasteiger partial charge in [-0.05, 0) is 38.8 Å². The van der Waals surface area contributed by atoms with E-state index in [9.17, 15) is 4.79 Å². The number of anilines is 1. The molecule has 0 saturated carbocycles. The highest BCUT2D eigenvalue weighted by Gasteiger charge is 2.23. The van der Waals surface area contributed by atoms with Crippen molar-refractivity contribution >= 4 is 11.7 Å². The summed E-state index contributed by atoms with van der Waals surface area (Å²) < 4.78 is 0. The molecule has 0 bridgehead atoms. The molecule has 0 aliphatic heterocycles. The van der Waals surface area contributed by atoms with Crippen LogP contribution in [0.4, 0.5) is 5.82 Å². The maximum absolute atomic E-state index is 12.0. The molecule has 0 atom stereocenters. The summed E-state index contributed by atoms with van der Waals surface area (Å²) in [5.74, 6) is 0.513. The fourth-order valence-electron chi connectivity index (χ4n) is 1.49. The Bertz CT molecular complexity index is 384. The second kappa shape index (κ2) is 6.33. The van der Waals surface area contributed by atoms with E-state index in [1.165, 1.54) is 0 Å². The second-order valence-corrected chi connectivity index (χ2v) is 4.56. The van der Waals surface area contributed by atoms with Gasteiger partial charge < -0.3 is 10.6 Å². The van der Waals surface area contributed by atoms with Crippen LogP contribution in [0.25, 0.3) is 0 Å². The van der Waals surface area contributed by atoms with Gasteiger partial charge in [-0.2, -0.15) is 0 Å². The van der Waals surface area contributed by atoms with Crippen molar-refractivity contribution in [1.29, 1.82) is 0 Å². The first-order chi connectivity index (χ1) is 8.54. The third-order valence-corrected chi connectivity index (χ3v) is 3.23. The van der Waals surface area contributed by atoms with Gasteiger partial charge in [0.25, 0.3) is 5.91 Å². The first kappa shape index (κ1) is 14.4. The minimum Gasteiger partial charge on any atom is -0.369 e. The van der Waals surface area contributed by atoms with Gasteiger partial charge in [-0.25, -0.2) is 0 Å². The van der Waals surface area contributed by atoms with Crippen molar-refractivity contribution in [1.82, 2.24) is 15.5 Å². The van der Waals surface area contributed by atoms with E-state index in [1.54, 1.807) is 12.1 Å². The molecule has 1 aromatic heterocycles. The highest BCUT2D eigenvalue weighted by atomic mass is 16.2. The van der Waals surface area contributed by atoms with Gasteiger partial charge in [0.05, 0.1) is 0 Å². The summed E-state index contributed by atoms with van der Waals surface area (Å²) in [6.45, 7) is 8.92. The van der Waals surface area contributed by atoms with Gasteiger partial charge in [0.2, 0.25) is 0 Å². The van der Waals surface area contributed by atoms with Gasteiger partial charge in [-0.1, -0.05) is 13.8 Å². The van der Waals surface area contributed by atoms with Crippen molar-refractivity contribution in [3.8, 4) is 0 Å². The van der Waals surface area contributed by atoms with Crippen molar-refractivity contribution in [3.63, 3.8) is 0 Å². The molecule has 0 saturated heterocycles. The summed E-state index contributed by atoms with van der Waals surface area (Å²) in [6.07, 6.45) is 1.77. The number of nitrogens with one attached hydrogen (secondary N) is 2. The first-order valence-corrected chi connectivity index (χ1v) is 6.44. The van der Waals surface area contributed by atoms with E-state index in [1.807, 2.05) is 13.8 Å². The normalized spacial score (nSPS) is 11.1. The van der Waals surface area contributed by atoms with Gasteiger partial charge in [-0.3, -0.25) is 4.79 Å². The molecule has 0 aliphatic carbocycles. The Hall–Kier alpha value is -1.65. The van der Waals surface area contributed by atoms with Crippen molar-refractivity contribution in [2.45, 2.75) is 46.1 Å². The van der Waals surface area contributed by atoms with E-state index in [2.05, 4.69) is 34.7 Å². The third-order valence-electron chi connectivity index (χ3n) is 3.23. The minimum absolute atomic E-state index is 0.170. The zero-order valence-electron chi connectivity index (χ0n) is 11.6. The van der Waals surface area contributed by atoms with E-state index in [-0.39, 0.29) is 11.4 Å². The lowest BCUT2D eigenvalue weighted by atomic mass is 9.95. The predicted octanol–water partition coefficient (Wildman–Crippen LogP) is 2.22. The number of carbonyl (C=O) groups is 1. The lowest BCUT2D eigenvalue weighted by Crippen LogP contribution is -2.45. The lowest BCUT2D eigenvalue weighted by Gasteiger charge is -2.27. The molecule has 1 heterocycles. The Morgan fingerprint density at radius 2 is 1.89 bits per heavy atom. The average molecular weight is 250 g/mol. The van der Waals surface area contributed by atoms with Crippen molar-refractivity contribution < 1.29 is 4.79 Å². The maximum Gasteiger partial charge on any atom is 0.272 e. The van der Waals surface area contributed by atoms with Crippen LogP contribution in [0.5, 0.6) is 0 Å². The van der Waals surface area contributed by atoms with Crippen molar-refractivity contribution in [3.05, 3.63) is 17.8 Å². The summed E-state index contributed by atoms with van der Waals surface area (Å²) in [5, 5.41) is 13.9. The van der Waals surface area contributed by atoms with E-state index >= 15 is 0 Å². The fraction of sp³-hybridized carbons (Fsp3) is 0.615. The minimum atomic E-state index is -0.181. The summed E-state index contributed by atoms with van der Waals surface area (Å²) in [6, 6.07) is 3.45. The molecule has 2 N–H and O–H groups in total. The lowest BCUT2D eigenvalue weighted by molar-refractivity contribution is 0.0895. The van der Waals surface area contributed by atoms with Crippen molar-refractivity contribution in [2.24, 2.45) is 0 Å². The maximum atomic E-state index is 12.0. The number of hydrogen-bond acceptors (Lipinski definition) is 4. The fourth-order valence-corrected chi connectivity index (χ4v) is 1.49. The zero-order valence-corrected chi connectivity index (χ0v) is 11.6. The Labute approximate surface area is 108 Å². The van der Waals surface area contributed by atoms with Crippen molar-refractivity contribution in [2.75, 3.05) is 11.9 Å². The standard InChI is InChI=1S/C13H22N4O/c1-5-13(4,6-2)15-12(18)10-8-9-11(14-7-3)17-16-10/h8-9H,5-7H2,1-4H3,(H,14,17)(H,15,18). The van der Waals surface area contributed by atoms with Gasteiger partial charge in [0, 0.05) is 12.1 Å². The van der Waals surface area contributed by atoms with Crippen LogP contribution in [-0.4, -0.2) is 28.2 Å². The van der Waals surface area contributed by atoms with Crippen LogP contribution in [0.1, 0.15) is 51.0 Å². The summed E-state index contributed by atoms with van der Waals surface area (Å²) in [5.41, 5.74) is 0.170.